The van der Waals surface area contributed by atoms with Gasteiger partial charge in [-0.15, -0.1) is 0 Å². The molecule has 0 N–H and O–H groups in total. The van der Waals surface area contributed by atoms with E-state index in [1.165, 1.54) is 5.56 Å². The summed E-state index contributed by atoms with van der Waals surface area (Å²) in [5.74, 6) is 0.0432. The van der Waals surface area contributed by atoms with E-state index in [0.29, 0.717) is 0 Å². The van der Waals surface area contributed by atoms with E-state index in [-0.39, 0.29) is 17.4 Å². The van der Waals surface area contributed by atoms with Crippen LogP contribution in [0.3, 0.4) is 0 Å². The molecule has 0 spiro atoms. The number of carbonyl (C=O) groups is 1. The van der Waals surface area contributed by atoms with E-state index in [1.807, 2.05) is 61.2 Å². The van der Waals surface area contributed by atoms with Crippen LogP contribution in [0.5, 0.6) is 0 Å². The number of carbonyl (C=O) groups excluding carboxylic acids is 1. The zero-order valence-corrected chi connectivity index (χ0v) is 14.1. The van der Waals surface area contributed by atoms with Crippen LogP contribution in [0.25, 0.3) is 0 Å². The smallest absolute Gasteiger partial charge is 0.258 e. The molecule has 0 saturated carbocycles. The van der Waals surface area contributed by atoms with E-state index in [1.54, 1.807) is 0 Å². The van der Waals surface area contributed by atoms with Gasteiger partial charge in [-0.05, 0) is 49.1 Å². The van der Waals surface area contributed by atoms with Crippen LogP contribution in [-0.4, -0.2) is 11.9 Å². The van der Waals surface area contributed by atoms with Crippen LogP contribution in [-0.2, 0) is 5.41 Å². The number of para-hydroxylation sites is 1. The van der Waals surface area contributed by atoms with E-state index in [4.69, 9.17) is 0 Å². The number of amides is 1. The summed E-state index contributed by atoms with van der Waals surface area (Å²) in [5.41, 5.74) is 2.99. The quantitative estimate of drug-likeness (QED) is 0.777. The molecule has 2 nitrogen and oxygen atoms in total. The first kappa shape index (κ1) is 16.3. The van der Waals surface area contributed by atoms with Gasteiger partial charge in [-0.2, -0.15) is 0 Å². The lowest BCUT2D eigenvalue weighted by atomic mass is 9.86. The van der Waals surface area contributed by atoms with Crippen LogP contribution in [0.2, 0.25) is 0 Å². The first-order chi connectivity index (χ1) is 10.3. The van der Waals surface area contributed by atoms with Gasteiger partial charge in [0.2, 0.25) is 0 Å². The normalized spacial score (nSPS) is 11.5. The molecule has 0 aliphatic rings. The van der Waals surface area contributed by atoms with Crippen LogP contribution in [0.1, 0.15) is 50.5 Å². The minimum absolute atomic E-state index is 0.0432. The second-order valence-electron chi connectivity index (χ2n) is 6.93. The third-order valence-electron chi connectivity index (χ3n) is 3.77. The Kier molecular flexibility index (Phi) is 4.70. The number of hydrogen-bond acceptors (Lipinski definition) is 1. The van der Waals surface area contributed by atoms with Crippen molar-refractivity contribution in [2.24, 2.45) is 0 Å². The maximum atomic E-state index is 12.9. The standard InChI is InChI=1S/C20H25NO/c1-15(2)21(18-9-7-6-8-10-18)19(22)16-11-13-17(14-12-16)20(3,4)5/h6-15H,1-5H3. The van der Waals surface area contributed by atoms with Crippen LogP contribution < -0.4 is 4.90 Å². The van der Waals surface area contributed by atoms with Crippen molar-refractivity contribution < 1.29 is 4.79 Å². The molecule has 2 rings (SSSR count). The highest BCUT2D eigenvalue weighted by atomic mass is 16.2. The predicted molar refractivity (Wildman–Crippen MR) is 93.5 cm³/mol. The minimum atomic E-state index is 0.0432. The van der Waals surface area contributed by atoms with Crippen molar-refractivity contribution in [1.29, 1.82) is 0 Å². The highest BCUT2D eigenvalue weighted by Gasteiger charge is 2.21. The van der Waals surface area contributed by atoms with Crippen molar-refractivity contribution in [3.05, 3.63) is 65.7 Å². The van der Waals surface area contributed by atoms with E-state index in [2.05, 4.69) is 32.9 Å². The van der Waals surface area contributed by atoms with E-state index < -0.39 is 0 Å². The Hall–Kier alpha value is -2.09. The summed E-state index contributed by atoms with van der Waals surface area (Å²) < 4.78 is 0. The number of benzene rings is 2. The van der Waals surface area contributed by atoms with Crippen molar-refractivity contribution in [2.75, 3.05) is 4.90 Å². The van der Waals surface area contributed by atoms with E-state index in [0.717, 1.165) is 11.3 Å². The number of nitrogens with zero attached hydrogens (tertiary/aromatic N) is 1. The van der Waals surface area contributed by atoms with Gasteiger partial charge >= 0.3 is 0 Å². The Balaban J connectivity index is 2.32. The molecule has 0 saturated heterocycles. The molecule has 1 amide bonds. The van der Waals surface area contributed by atoms with Crippen molar-refractivity contribution in [2.45, 2.75) is 46.1 Å². The molecule has 0 heterocycles. The van der Waals surface area contributed by atoms with Crippen molar-refractivity contribution in [1.82, 2.24) is 0 Å². The molecule has 0 bridgehead atoms. The molecule has 116 valence electrons. The van der Waals surface area contributed by atoms with Crippen molar-refractivity contribution >= 4 is 11.6 Å². The Morgan fingerprint density at radius 3 is 1.91 bits per heavy atom. The Bertz CT molecular complexity index is 621. The Morgan fingerprint density at radius 2 is 1.45 bits per heavy atom. The second kappa shape index (κ2) is 6.35. The van der Waals surface area contributed by atoms with E-state index in [9.17, 15) is 4.79 Å². The fraction of sp³-hybridized carbons (Fsp3) is 0.350. The molecule has 0 fully saturated rings. The fourth-order valence-electron chi connectivity index (χ4n) is 2.49. The molecule has 0 radical (unpaired) electrons. The van der Waals surface area contributed by atoms with Gasteiger partial charge < -0.3 is 4.90 Å². The maximum Gasteiger partial charge on any atom is 0.258 e. The van der Waals surface area contributed by atoms with Crippen LogP contribution in [0.15, 0.2) is 54.6 Å². The average Bonchev–Trinajstić information content (AvgIpc) is 2.47. The van der Waals surface area contributed by atoms with Crippen LogP contribution >= 0.6 is 0 Å². The number of rotatable bonds is 3. The summed E-state index contributed by atoms with van der Waals surface area (Å²) in [6, 6.07) is 17.9. The number of anilines is 1. The van der Waals surface area contributed by atoms with Gasteiger partial charge in [0.25, 0.3) is 5.91 Å². The zero-order valence-electron chi connectivity index (χ0n) is 14.1. The maximum absolute atomic E-state index is 12.9. The van der Waals surface area contributed by atoms with Crippen LogP contribution in [0, 0.1) is 0 Å². The molecule has 2 aromatic carbocycles. The average molecular weight is 295 g/mol. The summed E-state index contributed by atoms with van der Waals surface area (Å²) in [6.07, 6.45) is 0. The largest absolute Gasteiger partial charge is 0.306 e. The summed E-state index contributed by atoms with van der Waals surface area (Å²) in [4.78, 5) is 14.7. The summed E-state index contributed by atoms with van der Waals surface area (Å²) >= 11 is 0. The molecule has 0 aliphatic carbocycles. The molecule has 2 heteroatoms. The SMILES string of the molecule is CC(C)N(C(=O)c1ccc(C(C)(C)C)cc1)c1ccccc1. The highest BCUT2D eigenvalue weighted by molar-refractivity contribution is 6.06. The van der Waals surface area contributed by atoms with E-state index >= 15 is 0 Å². The molecule has 2 aromatic rings. The lowest BCUT2D eigenvalue weighted by Gasteiger charge is -2.27. The van der Waals surface area contributed by atoms with Crippen LogP contribution in [0.4, 0.5) is 5.69 Å². The molecular formula is C20H25NO. The molecule has 22 heavy (non-hydrogen) atoms. The predicted octanol–water partition coefficient (Wildman–Crippen LogP) is 5.04. The lowest BCUT2D eigenvalue weighted by molar-refractivity contribution is 0.0980. The fourth-order valence-corrected chi connectivity index (χ4v) is 2.49. The van der Waals surface area contributed by atoms with Gasteiger partial charge in [-0.25, -0.2) is 0 Å². The van der Waals surface area contributed by atoms with Crippen molar-refractivity contribution in [3.8, 4) is 0 Å². The Morgan fingerprint density at radius 1 is 0.909 bits per heavy atom. The van der Waals surface area contributed by atoms with Crippen molar-refractivity contribution in [3.63, 3.8) is 0 Å². The minimum Gasteiger partial charge on any atom is -0.306 e. The third kappa shape index (κ3) is 3.56. The summed E-state index contributed by atoms with van der Waals surface area (Å²) in [7, 11) is 0. The zero-order chi connectivity index (χ0) is 16.3. The van der Waals surface area contributed by atoms with Gasteiger partial charge in [0.15, 0.2) is 0 Å². The second-order valence-corrected chi connectivity index (χ2v) is 6.93. The Labute approximate surface area is 133 Å². The van der Waals surface area contributed by atoms with Gasteiger partial charge in [0.05, 0.1) is 0 Å². The first-order valence-electron chi connectivity index (χ1n) is 7.80. The monoisotopic (exact) mass is 295 g/mol. The molecular weight excluding hydrogens is 270 g/mol. The highest BCUT2D eigenvalue weighted by Crippen LogP contribution is 2.24. The number of hydrogen-bond donors (Lipinski definition) is 0. The van der Waals surface area contributed by atoms with Gasteiger partial charge in [-0.1, -0.05) is 51.1 Å². The molecule has 0 aliphatic heterocycles. The summed E-state index contributed by atoms with van der Waals surface area (Å²) in [5, 5.41) is 0. The van der Waals surface area contributed by atoms with Gasteiger partial charge in [-0.3, -0.25) is 4.79 Å². The lowest BCUT2D eigenvalue weighted by Crippen LogP contribution is -2.37. The summed E-state index contributed by atoms with van der Waals surface area (Å²) in [6.45, 7) is 10.6. The molecule has 0 aromatic heterocycles. The molecule has 0 atom stereocenters. The third-order valence-corrected chi connectivity index (χ3v) is 3.77. The molecule has 0 unspecified atom stereocenters. The van der Waals surface area contributed by atoms with Gasteiger partial charge in [0, 0.05) is 17.3 Å². The first-order valence-corrected chi connectivity index (χ1v) is 7.80. The van der Waals surface area contributed by atoms with Gasteiger partial charge in [0.1, 0.15) is 0 Å². The topological polar surface area (TPSA) is 20.3 Å².